The maximum Gasteiger partial charge on any atom is 0.202 e. The van der Waals surface area contributed by atoms with Crippen LogP contribution in [0.1, 0.15) is 0 Å². The van der Waals surface area contributed by atoms with Gasteiger partial charge in [0.2, 0.25) is 6.29 Å². The molecule has 0 aliphatic rings. The van der Waals surface area contributed by atoms with E-state index in [9.17, 15) is 5.11 Å². The second-order valence-corrected chi connectivity index (χ2v) is 0.918. The third-order valence-corrected chi connectivity index (χ3v) is 0.396. The fourth-order valence-electron chi connectivity index (χ4n) is 0. The van der Waals surface area contributed by atoms with Gasteiger partial charge in [0.25, 0.3) is 0 Å². The van der Waals surface area contributed by atoms with E-state index in [0.717, 1.165) is 0 Å². The van der Waals surface area contributed by atoms with Crippen molar-refractivity contribution in [2.75, 3.05) is 5.88 Å². The Bertz CT molecular complexity index is 21.6. The predicted molar refractivity (Wildman–Crippen MR) is 17.4 cm³/mol. The third kappa shape index (κ3) is 4.21. The molecule has 0 heterocycles. The molecule has 0 rings (SSSR count). The molecule has 0 aromatic rings. The minimum absolute atomic E-state index is 0.222. The summed E-state index contributed by atoms with van der Waals surface area (Å²) in [6.07, 6.45) is -1.60. The first-order valence-electron chi connectivity index (χ1n) is 1.17. The van der Waals surface area contributed by atoms with Crippen molar-refractivity contribution in [3.63, 3.8) is 0 Å². The highest BCUT2D eigenvalue weighted by molar-refractivity contribution is 6.18. The van der Waals surface area contributed by atoms with Crippen molar-refractivity contribution in [2.24, 2.45) is 0 Å². The van der Waals surface area contributed by atoms with Gasteiger partial charge in [-0.3, -0.25) is 0 Å². The molecule has 1 N–H and O–H groups in total. The van der Waals surface area contributed by atoms with Crippen LogP contribution in [-0.4, -0.2) is 17.3 Å². The van der Waals surface area contributed by atoms with Gasteiger partial charge in [0, 0.05) is 0 Å². The van der Waals surface area contributed by atoms with Gasteiger partial charge in [-0.15, -0.1) is 11.6 Å². The van der Waals surface area contributed by atoms with Crippen molar-refractivity contribution in [2.45, 2.75) is 6.29 Å². The van der Waals surface area contributed by atoms with E-state index in [2.05, 4.69) is 0 Å². The molecule has 0 saturated carbocycles. The van der Waals surface area contributed by atoms with Crippen LogP contribution in [0.3, 0.4) is 0 Å². The van der Waals surface area contributed by atoms with Crippen LogP contribution < -0.4 is 0 Å². The molecule has 0 aromatic heterocycles. The lowest BCUT2D eigenvalue weighted by atomic mass is 10.8. The maximum atomic E-state index is 9.32. The molecule has 0 bridgehead atoms. The minimum atomic E-state index is -1.60. The van der Waals surface area contributed by atoms with Crippen LogP contribution in [0.25, 0.3) is 0 Å². The average molecular weight is 95.5 g/mol. The molecule has 5 heavy (non-hydrogen) atoms. The van der Waals surface area contributed by atoms with Crippen molar-refractivity contribution in [3.05, 3.63) is 0 Å². The first kappa shape index (κ1) is 5.21. The lowest BCUT2D eigenvalue weighted by Gasteiger charge is -1.84. The van der Waals surface area contributed by atoms with E-state index in [1.807, 2.05) is 0 Å². The molecule has 0 fully saturated rings. The van der Waals surface area contributed by atoms with Crippen LogP contribution in [0.4, 0.5) is 0 Å². The summed E-state index contributed by atoms with van der Waals surface area (Å²) in [7, 11) is 0. The number of halogens is 1. The molecule has 1 radical (unpaired) electrons. The molecule has 0 aliphatic heterocycles. The molecule has 0 saturated heterocycles. The second kappa shape index (κ2) is 2.45. The predicted octanol–water partition coefficient (Wildman–Crippen LogP) is -0.0259. The first-order chi connectivity index (χ1) is 2.27. The zero-order chi connectivity index (χ0) is 4.28. The van der Waals surface area contributed by atoms with Gasteiger partial charge in [0.1, 0.15) is 0 Å². The Morgan fingerprint density at radius 3 is 2.20 bits per heavy atom. The summed E-state index contributed by atoms with van der Waals surface area (Å²) >= 11 is 4.77. The Hall–Kier alpha value is 0.210. The molecule has 1 unspecified atom stereocenters. The molecule has 0 aromatic carbocycles. The zero-order valence-corrected chi connectivity index (χ0v) is 3.27. The Morgan fingerprint density at radius 2 is 2.20 bits per heavy atom. The lowest BCUT2D eigenvalue weighted by Crippen LogP contribution is -2.01. The van der Waals surface area contributed by atoms with Gasteiger partial charge >= 0.3 is 0 Å². The highest BCUT2D eigenvalue weighted by Crippen LogP contribution is 1.77. The van der Waals surface area contributed by atoms with Gasteiger partial charge in [-0.1, -0.05) is 0 Å². The first-order valence-corrected chi connectivity index (χ1v) is 1.70. The topological polar surface area (TPSA) is 40.1 Å². The number of aliphatic hydroxyl groups excluding tert-OH is 1. The van der Waals surface area contributed by atoms with Crippen LogP contribution >= 0.6 is 11.6 Å². The number of hydrogen-bond donors (Lipinski definition) is 1. The van der Waals surface area contributed by atoms with Gasteiger partial charge in [0.15, 0.2) is 0 Å². The Kier molecular flexibility index (Phi) is 2.55. The van der Waals surface area contributed by atoms with Gasteiger partial charge in [-0.05, 0) is 0 Å². The second-order valence-electron chi connectivity index (χ2n) is 0.609. The van der Waals surface area contributed by atoms with Crippen molar-refractivity contribution < 1.29 is 10.2 Å². The van der Waals surface area contributed by atoms with E-state index in [4.69, 9.17) is 16.7 Å². The van der Waals surface area contributed by atoms with E-state index in [1.54, 1.807) is 0 Å². The molecular formula is C2H4ClO2. The van der Waals surface area contributed by atoms with E-state index in [1.165, 1.54) is 0 Å². The van der Waals surface area contributed by atoms with E-state index < -0.39 is 6.29 Å². The van der Waals surface area contributed by atoms with Gasteiger partial charge in [0.05, 0.1) is 5.88 Å². The third-order valence-electron chi connectivity index (χ3n) is 0.132. The summed E-state index contributed by atoms with van der Waals surface area (Å²) in [6, 6.07) is 0. The largest absolute Gasteiger partial charge is 0.365 e. The van der Waals surface area contributed by atoms with Gasteiger partial charge < -0.3 is 5.11 Å². The van der Waals surface area contributed by atoms with E-state index in [0.29, 0.717) is 0 Å². The van der Waals surface area contributed by atoms with Gasteiger partial charge in [-0.2, -0.15) is 0 Å². The summed E-state index contributed by atoms with van der Waals surface area (Å²) in [5.41, 5.74) is 0. The Morgan fingerprint density at radius 1 is 2.00 bits per heavy atom. The normalized spacial score (nSPS) is 9.60. The molecule has 2 nitrogen and oxygen atoms in total. The fraction of sp³-hybridized carbons (Fsp3) is 1.00. The van der Waals surface area contributed by atoms with Crippen molar-refractivity contribution in [3.8, 4) is 0 Å². The van der Waals surface area contributed by atoms with Crippen LogP contribution in [-0.2, 0) is 5.11 Å². The fourth-order valence-corrected chi connectivity index (χ4v) is 0. The molecule has 0 spiro atoms. The summed E-state index contributed by atoms with van der Waals surface area (Å²) in [4.78, 5) is 0. The molecule has 0 amide bonds. The highest BCUT2D eigenvalue weighted by atomic mass is 35.5. The smallest absolute Gasteiger partial charge is 0.202 e. The van der Waals surface area contributed by atoms with Gasteiger partial charge in [-0.25, -0.2) is 5.11 Å². The maximum absolute atomic E-state index is 9.32. The van der Waals surface area contributed by atoms with Crippen LogP contribution in [0, 0.1) is 0 Å². The van der Waals surface area contributed by atoms with Crippen LogP contribution in [0.2, 0.25) is 0 Å². The van der Waals surface area contributed by atoms with E-state index >= 15 is 0 Å². The van der Waals surface area contributed by atoms with Crippen LogP contribution in [0.15, 0.2) is 0 Å². The molecule has 3 heteroatoms. The summed E-state index contributed by atoms with van der Waals surface area (Å²) < 4.78 is 0. The average Bonchev–Trinajstić information content (AvgIpc) is 1.38. The highest BCUT2D eigenvalue weighted by Gasteiger charge is 1.89. The Balaban J connectivity index is 2.54. The number of rotatable bonds is 1. The number of hydrogen-bond acceptors (Lipinski definition) is 1. The summed E-state index contributed by atoms with van der Waals surface area (Å²) in [6.45, 7) is 0. The SMILES string of the molecule is [O]C(O)CCl. The van der Waals surface area contributed by atoms with Crippen molar-refractivity contribution >= 4 is 11.6 Å². The zero-order valence-electron chi connectivity index (χ0n) is 2.52. The summed E-state index contributed by atoms with van der Waals surface area (Å²) in [5, 5.41) is 17.0. The minimum Gasteiger partial charge on any atom is -0.365 e. The standard InChI is InChI=1S/C2H4ClO2/c3-1-2(4)5/h2,4H,1H2. The molecule has 31 valence electrons. The number of aliphatic hydroxyl groups is 1. The lowest BCUT2D eigenvalue weighted by molar-refractivity contribution is -0.0729. The summed E-state index contributed by atoms with van der Waals surface area (Å²) in [5.74, 6) is -0.222. The quantitative estimate of drug-likeness (QED) is 0.361. The van der Waals surface area contributed by atoms with Crippen molar-refractivity contribution in [1.29, 1.82) is 0 Å². The molecular weight excluding hydrogens is 91.5 g/mol. The number of alkyl halides is 1. The van der Waals surface area contributed by atoms with E-state index in [-0.39, 0.29) is 5.88 Å². The van der Waals surface area contributed by atoms with Crippen LogP contribution in [0.5, 0.6) is 0 Å². The monoisotopic (exact) mass is 95.0 g/mol. The molecule has 1 atom stereocenters. The molecule has 0 aliphatic carbocycles. The Labute approximate surface area is 35.0 Å². The van der Waals surface area contributed by atoms with Crippen molar-refractivity contribution in [1.82, 2.24) is 0 Å².